The van der Waals surface area contributed by atoms with Crippen LogP contribution in [-0.2, 0) is 14.3 Å². The van der Waals surface area contributed by atoms with E-state index in [2.05, 4.69) is 29.6 Å². The summed E-state index contributed by atoms with van der Waals surface area (Å²) >= 11 is 0. The Kier molecular flexibility index (Phi) is 7.73. The zero-order chi connectivity index (χ0) is 24.9. The first-order valence-electron chi connectivity index (χ1n) is 12.5. The molecule has 1 saturated carbocycles. The van der Waals surface area contributed by atoms with E-state index >= 15 is 0 Å². The van der Waals surface area contributed by atoms with Crippen LogP contribution < -0.4 is 5.32 Å². The van der Waals surface area contributed by atoms with Gasteiger partial charge in [-0.1, -0.05) is 55.0 Å². The van der Waals surface area contributed by atoms with Gasteiger partial charge in [0.25, 0.3) is 0 Å². The molecule has 0 spiro atoms. The topological polar surface area (TPSA) is 95.9 Å². The highest BCUT2D eigenvalue weighted by Crippen LogP contribution is 2.44. The number of rotatable bonds is 10. The van der Waals surface area contributed by atoms with Crippen molar-refractivity contribution in [2.24, 2.45) is 5.92 Å². The van der Waals surface area contributed by atoms with E-state index in [1.54, 1.807) is 11.8 Å². The molecule has 2 aliphatic rings. The van der Waals surface area contributed by atoms with E-state index in [-0.39, 0.29) is 43.2 Å². The van der Waals surface area contributed by atoms with Crippen molar-refractivity contribution in [3.63, 3.8) is 0 Å². The normalized spacial score (nSPS) is 16.4. The van der Waals surface area contributed by atoms with Crippen molar-refractivity contribution in [3.05, 3.63) is 59.7 Å². The summed E-state index contributed by atoms with van der Waals surface area (Å²) in [6, 6.07) is 15.7. The Morgan fingerprint density at radius 1 is 1.03 bits per heavy atom. The Morgan fingerprint density at radius 2 is 1.63 bits per heavy atom. The van der Waals surface area contributed by atoms with Crippen molar-refractivity contribution in [2.75, 3.05) is 13.2 Å². The van der Waals surface area contributed by atoms with E-state index in [1.807, 2.05) is 31.2 Å². The van der Waals surface area contributed by atoms with Gasteiger partial charge in [0, 0.05) is 31.0 Å². The molecule has 0 aliphatic heterocycles. The lowest BCUT2D eigenvalue weighted by molar-refractivity contribution is -0.140. The number of ether oxygens (including phenoxy) is 1. The minimum Gasteiger partial charge on any atom is -0.481 e. The fraction of sp³-hybridized carbons (Fsp3) is 0.464. The molecule has 2 aromatic carbocycles. The Balaban J connectivity index is 1.39. The molecule has 0 heterocycles. The van der Waals surface area contributed by atoms with Gasteiger partial charge in [-0.3, -0.25) is 9.59 Å². The smallest absolute Gasteiger partial charge is 0.407 e. The van der Waals surface area contributed by atoms with E-state index in [0.29, 0.717) is 6.54 Å². The van der Waals surface area contributed by atoms with Crippen molar-refractivity contribution in [1.29, 1.82) is 0 Å². The average molecular weight is 479 g/mol. The number of aliphatic carboxylic acids is 1. The molecule has 4 rings (SSSR count). The summed E-state index contributed by atoms with van der Waals surface area (Å²) < 4.78 is 5.70. The summed E-state index contributed by atoms with van der Waals surface area (Å²) in [5, 5.41) is 12.1. The predicted molar refractivity (Wildman–Crippen MR) is 133 cm³/mol. The van der Waals surface area contributed by atoms with Crippen LogP contribution in [0.15, 0.2) is 48.5 Å². The van der Waals surface area contributed by atoms with E-state index in [9.17, 15) is 14.4 Å². The number of fused-ring (bicyclic) bond motifs is 3. The van der Waals surface area contributed by atoms with Crippen molar-refractivity contribution >= 4 is 18.0 Å². The van der Waals surface area contributed by atoms with E-state index in [0.717, 1.165) is 30.4 Å². The first-order chi connectivity index (χ1) is 16.9. The highest BCUT2D eigenvalue weighted by Gasteiger charge is 2.34. The Morgan fingerprint density at radius 3 is 2.14 bits per heavy atom. The number of carboxylic acid groups (broad SMARTS) is 1. The minimum atomic E-state index is -0.934. The third-order valence-corrected chi connectivity index (χ3v) is 7.42. The molecule has 2 N–H and O–H groups in total. The molecule has 0 bridgehead atoms. The molecular formula is C28H34N2O5. The summed E-state index contributed by atoms with van der Waals surface area (Å²) in [5.41, 5.74) is 4.65. The van der Waals surface area contributed by atoms with Crippen LogP contribution in [0.4, 0.5) is 4.79 Å². The fourth-order valence-corrected chi connectivity index (χ4v) is 5.37. The zero-order valence-electron chi connectivity index (χ0n) is 20.4. The second-order valence-corrected chi connectivity index (χ2v) is 9.60. The minimum absolute atomic E-state index is 0.0237. The number of amides is 2. The number of carbonyl (C=O) groups is 3. The molecule has 2 amide bonds. The molecule has 186 valence electrons. The molecule has 2 aromatic rings. The number of alkyl carbamates (subject to hydrolysis) is 1. The summed E-state index contributed by atoms with van der Waals surface area (Å²) in [6.07, 6.45) is 2.52. The lowest BCUT2D eigenvalue weighted by Crippen LogP contribution is -2.48. The Labute approximate surface area is 206 Å². The van der Waals surface area contributed by atoms with Crippen molar-refractivity contribution in [3.8, 4) is 11.1 Å². The number of benzene rings is 2. The molecule has 2 unspecified atom stereocenters. The third-order valence-electron chi connectivity index (χ3n) is 7.42. The van der Waals surface area contributed by atoms with Gasteiger partial charge in [-0.25, -0.2) is 4.79 Å². The second kappa shape index (κ2) is 10.9. The molecule has 2 atom stereocenters. The molecule has 0 aromatic heterocycles. The molecule has 7 heteroatoms. The summed E-state index contributed by atoms with van der Waals surface area (Å²) in [4.78, 5) is 38.5. The van der Waals surface area contributed by atoms with E-state index in [4.69, 9.17) is 9.84 Å². The van der Waals surface area contributed by atoms with Crippen LogP contribution in [0.5, 0.6) is 0 Å². The molecule has 0 radical (unpaired) electrons. The predicted octanol–water partition coefficient (Wildman–Crippen LogP) is 4.80. The van der Waals surface area contributed by atoms with Gasteiger partial charge in [0.15, 0.2) is 0 Å². The SMILES string of the molecule is CCN(C(=O)CC(NC(=O)OCC1c2ccccc2-c2ccccc21)C1CCC1)C(C)CC(=O)O. The van der Waals surface area contributed by atoms with Crippen molar-refractivity contribution < 1.29 is 24.2 Å². The van der Waals surface area contributed by atoms with E-state index in [1.165, 1.54) is 11.1 Å². The maximum absolute atomic E-state index is 13.0. The molecule has 0 saturated heterocycles. The van der Waals surface area contributed by atoms with Gasteiger partial charge in [0.2, 0.25) is 5.91 Å². The average Bonchev–Trinajstić information content (AvgIpc) is 3.10. The highest BCUT2D eigenvalue weighted by atomic mass is 16.5. The van der Waals surface area contributed by atoms with Crippen LogP contribution in [-0.4, -0.2) is 53.2 Å². The Hall–Kier alpha value is -3.35. The number of hydrogen-bond acceptors (Lipinski definition) is 4. The van der Waals surface area contributed by atoms with Crippen LogP contribution in [0.25, 0.3) is 11.1 Å². The van der Waals surface area contributed by atoms with Gasteiger partial charge in [0.05, 0.1) is 6.42 Å². The van der Waals surface area contributed by atoms with Crippen molar-refractivity contribution in [2.45, 2.75) is 64.0 Å². The van der Waals surface area contributed by atoms with Gasteiger partial charge < -0.3 is 20.1 Å². The number of hydrogen-bond donors (Lipinski definition) is 2. The quantitative estimate of drug-likeness (QED) is 0.512. The number of nitrogens with zero attached hydrogens (tertiary/aromatic N) is 1. The summed E-state index contributed by atoms with van der Waals surface area (Å²) in [5.74, 6) is -0.870. The van der Waals surface area contributed by atoms with Gasteiger partial charge in [-0.05, 0) is 54.9 Å². The summed E-state index contributed by atoms with van der Waals surface area (Å²) in [6.45, 7) is 4.23. The molecular weight excluding hydrogens is 444 g/mol. The highest BCUT2D eigenvalue weighted by molar-refractivity contribution is 5.80. The van der Waals surface area contributed by atoms with Crippen LogP contribution in [0, 0.1) is 5.92 Å². The molecule has 1 fully saturated rings. The zero-order valence-corrected chi connectivity index (χ0v) is 20.4. The largest absolute Gasteiger partial charge is 0.481 e. The van der Waals surface area contributed by atoms with Gasteiger partial charge in [-0.2, -0.15) is 0 Å². The van der Waals surface area contributed by atoms with Gasteiger partial charge >= 0.3 is 12.1 Å². The molecule has 7 nitrogen and oxygen atoms in total. The Bertz CT molecular complexity index is 1040. The van der Waals surface area contributed by atoms with Crippen molar-refractivity contribution in [1.82, 2.24) is 10.2 Å². The maximum atomic E-state index is 13.0. The number of nitrogens with one attached hydrogen (secondary N) is 1. The van der Waals surface area contributed by atoms with Crippen LogP contribution in [0.3, 0.4) is 0 Å². The first kappa shape index (κ1) is 24.8. The molecule has 2 aliphatic carbocycles. The van der Waals surface area contributed by atoms with Gasteiger partial charge in [0.1, 0.15) is 6.61 Å². The standard InChI is InChI=1S/C28H34N2O5/c1-3-30(18(2)15-27(32)33)26(31)16-25(19-9-8-10-19)29-28(34)35-17-24-22-13-6-4-11-20(22)21-12-5-7-14-23(21)24/h4-7,11-14,18-19,24-25H,3,8-10,15-17H2,1-2H3,(H,29,34)(H,32,33). The lowest BCUT2D eigenvalue weighted by Gasteiger charge is -2.36. The third kappa shape index (κ3) is 5.50. The monoisotopic (exact) mass is 478 g/mol. The maximum Gasteiger partial charge on any atom is 0.407 e. The fourth-order valence-electron chi connectivity index (χ4n) is 5.37. The molecule has 35 heavy (non-hydrogen) atoms. The van der Waals surface area contributed by atoms with Crippen LogP contribution in [0.1, 0.15) is 63.0 Å². The van der Waals surface area contributed by atoms with E-state index < -0.39 is 18.1 Å². The number of carboxylic acids is 1. The summed E-state index contributed by atoms with van der Waals surface area (Å²) in [7, 11) is 0. The number of carbonyl (C=O) groups excluding carboxylic acids is 2. The second-order valence-electron chi connectivity index (χ2n) is 9.60. The van der Waals surface area contributed by atoms with Crippen LogP contribution >= 0.6 is 0 Å². The lowest BCUT2D eigenvalue weighted by atomic mass is 9.78. The van der Waals surface area contributed by atoms with Gasteiger partial charge in [-0.15, -0.1) is 0 Å². The first-order valence-corrected chi connectivity index (χ1v) is 12.5. The van der Waals surface area contributed by atoms with Crippen LogP contribution in [0.2, 0.25) is 0 Å².